The van der Waals surface area contributed by atoms with E-state index < -0.39 is 0 Å². The molecule has 1 fully saturated rings. The zero-order valence-corrected chi connectivity index (χ0v) is 17.0. The lowest BCUT2D eigenvalue weighted by molar-refractivity contribution is 0.0921. The molecule has 5 rings (SSSR count). The number of aromatic amines is 2. The van der Waals surface area contributed by atoms with Gasteiger partial charge in [0, 0.05) is 22.7 Å². The van der Waals surface area contributed by atoms with Crippen LogP contribution in [-0.4, -0.2) is 27.1 Å². The minimum atomic E-state index is -0.159. The molecular weight excluding hydrogens is 400 g/mol. The maximum absolute atomic E-state index is 12.7. The molecule has 2 aromatic heterocycles. The third-order valence-corrected chi connectivity index (χ3v) is 6.34. The summed E-state index contributed by atoms with van der Waals surface area (Å²) in [5.74, 6) is 0.158. The Kier molecular flexibility index (Phi) is 4.79. The first-order chi connectivity index (χ1) is 14.6. The minimum absolute atomic E-state index is 0.113. The first-order valence-electron chi connectivity index (χ1n) is 10.2. The molecule has 30 heavy (non-hydrogen) atoms. The molecule has 1 aliphatic carbocycles. The molecule has 2 aromatic carbocycles. The zero-order valence-electron chi connectivity index (χ0n) is 16.2. The summed E-state index contributed by atoms with van der Waals surface area (Å²) in [6.07, 6.45) is 3.55. The number of hydrogen-bond donors (Lipinski definition) is 3. The molecule has 0 unspecified atom stereocenters. The summed E-state index contributed by atoms with van der Waals surface area (Å²) in [7, 11) is 0. The summed E-state index contributed by atoms with van der Waals surface area (Å²) in [5.41, 5.74) is 2.09. The van der Waals surface area contributed by atoms with Crippen LogP contribution in [0.25, 0.3) is 21.7 Å². The minimum Gasteiger partial charge on any atom is -0.349 e. The van der Waals surface area contributed by atoms with Crippen molar-refractivity contribution < 1.29 is 4.79 Å². The van der Waals surface area contributed by atoms with Crippen LogP contribution in [0.5, 0.6) is 0 Å². The predicted octanol–water partition coefficient (Wildman–Crippen LogP) is 4.51. The van der Waals surface area contributed by atoms with Gasteiger partial charge in [-0.1, -0.05) is 41.9 Å². The molecule has 0 radical (unpaired) electrons. The average Bonchev–Trinajstić information content (AvgIpc) is 3.21. The molecule has 152 valence electrons. The van der Waals surface area contributed by atoms with Crippen molar-refractivity contribution in [3.05, 3.63) is 75.3 Å². The van der Waals surface area contributed by atoms with Crippen LogP contribution in [0, 0.1) is 0 Å². The molecule has 0 saturated heterocycles. The average molecular weight is 421 g/mol. The first kappa shape index (κ1) is 18.9. The zero-order chi connectivity index (χ0) is 20.7. The highest BCUT2D eigenvalue weighted by atomic mass is 35.5. The Morgan fingerprint density at radius 3 is 2.57 bits per heavy atom. The fourth-order valence-electron chi connectivity index (χ4n) is 4.46. The van der Waals surface area contributed by atoms with Gasteiger partial charge in [0.2, 0.25) is 0 Å². The summed E-state index contributed by atoms with van der Waals surface area (Å²) in [4.78, 5) is 27.9. The van der Waals surface area contributed by atoms with Gasteiger partial charge >= 0.3 is 0 Å². The van der Waals surface area contributed by atoms with Crippen molar-refractivity contribution in [3.8, 4) is 0 Å². The van der Waals surface area contributed by atoms with Crippen molar-refractivity contribution in [2.75, 3.05) is 0 Å². The van der Waals surface area contributed by atoms with Gasteiger partial charge in [0.1, 0.15) is 5.69 Å². The highest BCUT2D eigenvalue weighted by Gasteiger charge is 2.26. The number of nitrogens with zero attached hydrogens (tertiary/aromatic N) is 1. The number of H-pyrrole nitrogens is 2. The molecule has 0 spiro atoms. The molecule has 1 aliphatic rings. The largest absolute Gasteiger partial charge is 0.349 e. The molecule has 0 aliphatic heterocycles. The Morgan fingerprint density at radius 1 is 1.03 bits per heavy atom. The smallest absolute Gasteiger partial charge is 0.272 e. The number of nitrogens with one attached hydrogen (secondary N) is 3. The van der Waals surface area contributed by atoms with Gasteiger partial charge in [-0.15, -0.1) is 0 Å². The van der Waals surface area contributed by atoms with Crippen molar-refractivity contribution in [2.24, 2.45) is 0 Å². The van der Waals surface area contributed by atoms with Gasteiger partial charge in [0.15, 0.2) is 0 Å². The van der Waals surface area contributed by atoms with Crippen LogP contribution in [0.4, 0.5) is 0 Å². The van der Waals surface area contributed by atoms with Gasteiger partial charge < -0.3 is 10.3 Å². The number of amides is 1. The molecule has 1 saturated carbocycles. The molecule has 1 amide bonds. The van der Waals surface area contributed by atoms with Gasteiger partial charge in [0.25, 0.3) is 11.5 Å². The van der Waals surface area contributed by atoms with Gasteiger partial charge in [-0.3, -0.25) is 9.59 Å². The molecule has 6 nitrogen and oxygen atoms in total. The number of para-hydroxylation sites is 1. The van der Waals surface area contributed by atoms with Crippen LogP contribution in [0.2, 0.25) is 5.02 Å². The van der Waals surface area contributed by atoms with E-state index in [0.717, 1.165) is 47.7 Å². The van der Waals surface area contributed by atoms with E-state index in [4.69, 9.17) is 11.6 Å². The monoisotopic (exact) mass is 420 g/mol. The van der Waals surface area contributed by atoms with E-state index in [1.807, 2.05) is 42.5 Å². The second kappa shape index (κ2) is 7.61. The lowest BCUT2D eigenvalue weighted by Crippen LogP contribution is -2.37. The summed E-state index contributed by atoms with van der Waals surface area (Å²) >= 11 is 6.20. The van der Waals surface area contributed by atoms with Gasteiger partial charge in [-0.25, -0.2) is 5.10 Å². The van der Waals surface area contributed by atoms with Crippen LogP contribution in [0.1, 0.15) is 47.8 Å². The number of aromatic nitrogens is 3. The number of fused-ring (bicyclic) bond motifs is 2. The fraction of sp³-hybridized carbons (Fsp3) is 0.261. The van der Waals surface area contributed by atoms with Crippen LogP contribution < -0.4 is 10.9 Å². The first-order valence-corrected chi connectivity index (χ1v) is 10.5. The number of hydrogen-bond acceptors (Lipinski definition) is 3. The Bertz CT molecular complexity index is 1300. The second-order valence-electron chi connectivity index (χ2n) is 7.89. The third-order valence-electron chi connectivity index (χ3n) is 6.02. The van der Waals surface area contributed by atoms with E-state index in [-0.39, 0.29) is 23.4 Å². The second-order valence-corrected chi connectivity index (χ2v) is 8.30. The van der Waals surface area contributed by atoms with Crippen molar-refractivity contribution >= 4 is 39.2 Å². The Labute approximate surface area is 177 Å². The van der Waals surface area contributed by atoms with Crippen LogP contribution >= 0.6 is 11.6 Å². The molecule has 7 heteroatoms. The number of halogens is 1. The number of carbonyl (C=O) groups is 1. The SMILES string of the molecule is O=C(NC1CCC(c2n[nH]c(=O)c3ccccc23)CC1)c1cc2cccc(Cl)c2[nH]1. The highest BCUT2D eigenvalue weighted by molar-refractivity contribution is 6.35. The lowest BCUT2D eigenvalue weighted by Gasteiger charge is -2.29. The molecule has 2 heterocycles. The predicted molar refractivity (Wildman–Crippen MR) is 118 cm³/mol. The third kappa shape index (κ3) is 3.37. The van der Waals surface area contributed by atoms with Gasteiger partial charge in [-0.05, 0) is 43.9 Å². The maximum Gasteiger partial charge on any atom is 0.272 e. The van der Waals surface area contributed by atoms with Crippen LogP contribution in [-0.2, 0) is 0 Å². The van der Waals surface area contributed by atoms with Gasteiger partial charge in [-0.2, -0.15) is 5.10 Å². The van der Waals surface area contributed by atoms with Crippen LogP contribution in [0.3, 0.4) is 0 Å². The van der Waals surface area contributed by atoms with E-state index >= 15 is 0 Å². The molecule has 3 N–H and O–H groups in total. The fourth-order valence-corrected chi connectivity index (χ4v) is 4.69. The number of carbonyl (C=O) groups excluding carboxylic acids is 1. The van der Waals surface area contributed by atoms with E-state index in [9.17, 15) is 9.59 Å². The highest BCUT2D eigenvalue weighted by Crippen LogP contribution is 2.34. The van der Waals surface area contributed by atoms with Crippen molar-refractivity contribution in [2.45, 2.75) is 37.6 Å². The van der Waals surface area contributed by atoms with Crippen LogP contribution in [0.15, 0.2) is 53.3 Å². The Balaban J connectivity index is 1.28. The Hall–Kier alpha value is -3.12. The summed E-state index contributed by atoms with van der Waals surface area (Å²) in [6.45, 7) is 0. The summed E-state index contributed by atoms with van der Waals surface area (Å²) in [5, 5.41) is 13.3. The normalized spacial score (nSPS) is 19.2. The van der Waals surface area contributed by atoms with E-state index in [1.165, 1.54) is 0 Å². The van der Waals surface area contributed by atoms with Crippen molar-refractivity contribution in [3.63, 3.8) is 0 Å². The molecule has 0 atom stereocenters. The standard InChI is InChI=1S/C23H21ClN4O2/c24-18-7-3-4-14-12-19(26-21(14)18)23(30)25-15-10-8-13(9-11-15)20-16-5-1-2-6-17(16)22(29)28-27-20/h1-7,12-13,15,26H,8-11H2,(H,25,30)(H,28,29). The van der Waals surface area contributed by atoms with E-state index in [1.54, 1.807) is 6.07 Å². The van der Waals surface area contributed by atoms with E-state index in [0.29, 0.717) is 16.1 Å². The summed E-state index contributed by atoms with van der Waals surface area (Å²) in [6, 6.07) is 15.1. The molecular formula is C23H21ClN4O2. The van der Waals surface area contributed by atoms with Crippen molar-refractivity contribution in [1.82, 2.24) is 20.5 Å². The maximum atomic E-state index is 12.7. The van der Waals surface area contributed by atoms with Gasteiger partial charge in [0.05, 0.1) is 21.6 Å². The summed E-state index contributed by atoms with van der Waals surface area (Å²) < 4.78 is 0. The Morgan fingerprint density at radius 2 is 1.80 bits per heavy atom. The topological polar surface area (TPSA) is 90.6 Å². The van der Waals surface area contributed by atoms with Crippen molar-refractivity contribution in [1.29, 1.82) is 0 Å². The molecule has 0 bridgehead atoms. The molecule has 4 aromatic rings. The number of rotatable bonds is 3. The quantitative estimate of drug-likeness (QED) is 0.455. The number of benzene rings is 2. The lowest BCUT2D eigenvalue weighted by atomic mass is 9.82. The van der Waals surface area contributed by atoms with E-state index in [2.05, 4.69) is 20.5 Å².